The summed E-state index contributed by atoms with van der Waals surface area (Å²) in [6.45, 7) is 29.7. The van der Waals surface area contributed by atoms with Gasteiger partial charge in [0.1, 0.15) is 18.0 Å². The molecule has 5 nitrogen and oxygen atoms in total. The van der Waals surface area contributed by atoms with E-state index in [4.69, 9.17) is 18.9 Å². The molecule has 6 fully saturated rings. The molecule has 3 unspecified atom stereocenters. The number of rotatable bonds is 4. The van der Waals surface area contributed by atoms with Crippen LogP contribution in [0.15, 0.2) is 24.5 Å². The van der Waals surface area contributed by atoms with Crippen LogP contribution in [0.2, 0.25) is 0 Å². The third-order valence-electron chi connectivity index (χ3n) is 12.7. The molecule has 3 saturated heterocycles. The lowest BCUT2D eigenvalue weighted by molar-refractivity contribution is -0.428. The van der Waals surface area contributed by atoms with Gasteiger partial charge in [0, 0.05) is 29.6 Å². The van der Waals surface area contributed by atoms with E-state index in [0.29, 0.717) is 17.8 Å². The van der Waals surface area contributed by atoms with E-state index in [1.807, 2.05) is 27.7 Å². The smallest absolute Gasteiger partial charge is 0.303 e. The third kappa shape index (κ3) is 4.57. The maximum absolute atomic E-state index is 12.6. The number of carbonyl (C=O) groups is 1. The Morgan fingerprint density at radius 1 is 1.02 bits per heavy atom. The Kier molecular flexibility index (Phi) is 8.73. The Balaban J connectivity index is 0.000000929. The zero-order chi connectivity index (χ0) is 30.6. The summed E-state index contributed by atoms with van der Waals surface area (Å²) >= 11 is 0. The summed E-state index contributed by atoms with van der Waals surface area (Å²) < 4.78 is 25.6. The average Bonchev–Trinajstić information content (AvgIpc) is 3.74. The zero-order valence-corrected chi connectivity index (χ0v) is 28.2. The molecule has 0 spiro atoms. The number of fused-ring (bicyclic) bond motifs is 3. The van der Waals surface area contributed by atoms with Gasteiger partial charge in [0.15, 0.2) is 0 Å². The van der Waals surface area contributed by atoms with Crippen LogP contribution in [0, 0.1) is 39.4 Å². The van der Waals surface area contributed by atoms with E-state index in [-0.39, 0.29) is 51.0 Å². The number of allylic oxidation sites excluding steroid dienone is 2. The molecule has 0 N–H and O–H groups in total. The quantitative estimate of drug-likeness (QED) is 0.249. The fourth-order valence-corrected chi connectivity index (χ4v) is 10.6. The maximum Gasteiger partial charge on any atom is 0.303 e. The van der Waals surface area contributed by atoms with Crippen LogP contribution in [0.3, 0.4) is 0 Å². The van der Waals surface area contributed by atoms with E-state index in [0.717, 1.165) is 57.5 Å². The largest absolute Gasteiger partial charge is 0.494 e. The standard InChI is InChI=1S/C32H48O5.2C2H6/c1-9-31(19-35-31)17-32-24-11-10-15-29(7)22-13-12-20(2)34-18-28(22,6)16-14-23(29)30(24,8)26(36-21(3)33)25(37-32)27(32,4)5;2*1-2/h12-13,22-26H,2,9-11,14-19H2,1,3-8H3;2*1-2H3/t22-,23?,24?,25+,26-,28+,29+,30-,31?,32-;;/m1../s1. The van der Waals surface area contributed by atoms with Crippen molar-refractivity contribution in [2.45, 2.75) is 145 Å². The van der Waals surface area contributed by atoms with Gasteiger partial charge in [0.05, 0.1) is 24.4 Å². The highest BCUT2D eigenvalue weighted by atomic mass is 16.6. The molecule has 4 aliphatic heterocycles. The highest BCUT2D eigenvalue weighted by Gasteiger charge is 2.81. The summed E-state index contributed by atoms with van der Waals surface area (Å²) in [5.74, 6) is 1.71. The Labute approximate surface area is 251 Å². The van der Waals surface area contributed by atoms with Crippen molar-refractivity contribution < 1.29 is 23.7 Å². The summed E-state index contributed by atoms with van der Waals surface area (Å²) in [7, 11) is 0. The highest BCUT2D eigenvalue weighted by Crippen LogP contribution is 2.76. The van der Waals surface area contributed by atoms with Gasteiger partial charge >= 0.3 is 5.97 Å². The van der Waals surface area contributed by atoms with Crippen LogP contribution in [0.1, 0.15) is 121 Å². The molecule has 0 amide bonds. The number of ether oxygens (including phenoxy) is 4. The summed E-state index contributed by atoms with van der Waals surface area (Å²) in [6.07, 6.45) is 11.8. The van der Waals surface area contributed by atoms with Crippen LogP contribution in [0.25, 0.3) is 0 Å². The van der Waals surface area contributed by atoms with E-state index in [1.165, 1.54) is 6.42 Å². The van der Waals surface area contributed by atoms with Crippen molar-refractivity contribution in [3.63, 3.8) is 0 Å². The second-order valence-corrected chi connectivity index (χ2v) is 14.8. The first-order chi connectivity index (χ1) is 19.3. The molecular formula is C36H60O5. The van der Waals surface area contributed by atoms with Gasteiger partial charge in [-0.05, 0) is 61.3 Å². The van der Waals surface area contributed by atoms with Crippen LogP contribution in [0.5, 0.6) is 0 Å². The van der Waals surface area contributed by atoms with Gasteiger partial charge in [-0.15, -0.1) is 0 Å². The van der Waals surface area contributed by atoms with Crippen LogP contribution in [-0.2, 0) is 23.7 Å². The Morgan fingerprint density at radius 2 is 1.68 bits per heavy atom. The van der Waals surface area contributed by atoms with E-state index in [2.05, 4.69) is 60.3 Å². The minimum atomic E-state index is -0.252. The molecule has 5 heteroatoms. The van der Waals surface area contributed by atoms with Crippen LogP contribution in [0.4, 0.5) is 0 Å². The molecule has 0 aromatic heterocycles. The molecule has 3 saturated carbocycles. The molecule has 7 rings (SSSR count). The first-order valence-corrected chi connectivity index (χ1v) is 16.8. The first-order valence-electron chi connectivity index (χ1n) is 16.8. The fraction of sp³-hybridized carbons (Fsp3) is 0.861. The second-order valence-electron chi connectivity index (χ2n) is 14.8. The monoisotopic (exact) mass is 572 g/mol. The van der Waals surface area contributed by atoms with Gasteiger partial charge in [-0.25, -0.2) is 0 Å². The topological polar surface area (TPSA) is 57.3 Å². The molecule has 41 heavy (non-hydrogen) atoms. The predicted molar refractivity (Wildman–Crippen MR) is 165 cm³/mol. The van der Waals surface area contributed by atoms with Crippen LogP contribution in [-0.4, -0.2) is 42.6 Å². The highest BCUT2D eigenvalue weighted by molar-refractivity contribution is 5.66. The van der Waals surface area contributed by atoms with E-state index < -0.39 is 0 Å². The van der Waals surface area contributed by atoms with E-state index in [1.54, 1.807) is 6.92 Å². The Hall–Kier alpha value is -1.33. The maximum atomic E-state index is 12.6. The van der Waals surface area contributed by atoms with Gasteiger partial charge in [-0.3, -0.25) is 4.79 Å². The lowest BCUT2D eigenvalue weighted by Crippen LogP contribution is -2.84. The van der Waals surface area contributed by atoms with Crippen molar-refractivity contribution in [3.05, 3.63) is 24.5 Å². The van der Waals surface area contributed by atoms with E-state index >= 15 is 0 Å². The second kappa shape index (κ2) is 11.0. The Bertz CT molecular complexity index is 1030. The molecule has 0 aromatic rings. The van der Waals surface area contributed by atoms with E-state index in [9.17, 15) is 4.79 Å². The number of carbonyl (C=O) groups excluding carboxylic acids is 1. The lowest BCUT2D eigenvalue weighted by Gasteiger charge is -2.77. The van der Waals surface area contributed by atoms with Crippen LogP contribution < -0.4 is 0 Å². The zero-order valence-electron chi connectivity index (χ0n) is 28.2. The lowest BCUT2D eigenvalue weighted by atomic mass is 9.37. The summed E-state index contributed by atoms with van der Waals surface area (Å²) in [6, 6.07) is 0. The van der Waals surface area contributed by atoms with Gasteiger partial charge in [0.25, 0.3) is 0 Å². The average molecular weight is 573 g/mol. The van der Waals surface area contributed by atoms with Crippen molar-refractivity contribution in [1.82, 2.24) is 0 Å². The predicted octanol–water partition coefficient (Wildman–Crippen LogP) is 8.66. The van der Waals surface area contributed by atoms with Crippen LogP contribution >= 0.6 is 0 Å². The van der Waals surface area contributed by atoms with Gasteiger partial charge < -0.3 is 18.9 Å². The molecule has 0 radical (unpaired) electrons. The fourth-order valence-electron chi connectivity index (χ4n) is 10.6. The van der Waals surface area contributed by atoms with Crippen molar-refractivity contribution in [3.8, 4) is 0 Å². The molecule has 3 aliphatic carbocycles. The summed E-state index contributed by atoms with van der Waals surface area (Å²) in [4.78, 5) is 12.6. The van der Waals surface area contributed by atoms with Crippen molar-refractivity contribution in [2.75, 3.05) is 13.2 Å². The molecule has 4 heterocycles. The molecule has 7 aliphatic rings. The molecule has 0 aromatic carbocycles. The van der Waals surface area contributed by atoms with Crippen molar-refractivity contribution in [2.24, 2.45) is 39.4 Å². The van der Waals surface area contributed by atoms with Gasteiger partial charge in [-0.2, -0.15) is 0 Å². The number of epoxide rings is 1. The summed E-state index contributed by atoms with van der Waals surface area (Å²) in [5.41, 5.74) is -0.402. The SMILES string of the molecule is C=C1C=C[C@@H]2[C@@](C)(CCC3[C@]4(C)C(CCC[C@]32C)[C@@]2(CC3(CC)CO3)O[C@@H]([C@H]4OC(C)=O)C2(C)C)CO1.CC.CC. The number of hydrogen-bond donors (Lipinski definition) is 0. The number of hydrogen-bond acceptors (Lipinski definition) is 5. The number of esters is 1. The Morgan fingerprint density at radius 3 is 2.24 bits per heavy atom. The molecule has 10 atom stereocenters. The third-order valence-corrected chi connectivity index (χ3v) is 12.7. The molecular weight excluding hydrogens is 512 g/mol. The van der Waals surface area contributed by atoms with Crippen molar-refractivity contribution >= 4 is 5.97 Å². The normalized spacial score (nSPS) is 48.4. The van der Waals surface area contributed by atoms with Crippen molar-refractivity contribution in [1.29, 1.82) is 0 Å². The molecule has 234 valence electrons. The summed E-state index contributed by atoms with van der Waals surface area (Å²) in [5, 5.41) is 0. The first kappa shape index (κ1) is 32.6. The van der Waals surface area contributed by atoms with Gasteiger partial charge in [0.2, 0.25) is 0 Å². The minimum Gasteiger partial charge on any atom is -0.494 e. The minimum absolute atomic E-state index is 0.0557. The van der Waals surface area contributed by atoms with Gasteiger partial charge in [-0.1, -0.05) is 88.3 Å². The molecule has 2 bridgehead atoms.